The van der Waals surface area contributed by atoms with Crippen LogP contribution in [-0.2, 0) is 33.3 Å². The van der Waals surface area contributed by atoms with Crippen molar-refractivity contribution in [3.63, 3.8) is 0 Å². The lowest BCUT2D eigenvalue weighted by Gasteiger charge is -2.46. The molecule has 1 aliphatic carbocycles. The Bertz CT molecular complexity index is 1030. The summed E-state index contributed by atoms with van der Waals surface area (Å²) in [6.45, 7) is 1.38. The van der Waals surface area contributed by atoms with Crippen molar-refractivity contribution in [2.24, 2.45) is 17.8 Å². The zero-order valence-electron chi connectivity index (χ0n) is 26.8. The molecule has 0 spiro atoms. The van der Waals surface area contributed by atoms with Crippen LogP contribution in [0.5, 0.6) is 0 Å². The number of aliphatic hydroxyl groups is 8. The third-order valence-electron chi connectivity index (χ3n) is 9.14. The van der Waals surface area contributed by atoms with E-state index in [-0.39, 0.29) is 39.5 Å². The van der Waals surface area contributed by atoms with Crippen LogP contribution in [0.4, 0.5) is 0 Å². The zero-order valence-corrected chi connectivity index (χ0v) is 26.8. The van der Waals surface area contributed by atoms with E-state index < -0.39 is 122 Å². The van der Waals surface area contributed by atoms with E-state index in [4.69, 9.17) is 18.9 Å². The van der Waals surface area contributed by atoms with Gasteiger partial charge in [-0.3, -0.25) is 14.4 Å². The van der Waals surface area contributed by atoms with E-state index in [1.54, 1.807) is 0 Å². The molecular formula is C29H51N3O15. The van der Waals surface area contributed by atoms with Crippen LogP contribution in [0.25, 0.3) is 0 Å². The van der Waals surface area contributed by atoms with Crippen LogP contribution in [0.1, 0.15) is 27.2 Å². The molecule has 0 aromatic heterocycles. The number of aliphatic hydroxyl groups excluding tert-OH is 8. The SMILES string of the molecule is CC(=O)NC1C(O)[C@H](COC[C@@H]2OC(CO)[C@@H](COC[C@@H]3OC(CO)[C@@H](O)C(O)C3NC(C)=O)C(O)C2NC(C)=O)C(CO)C[C@H]1O. The lowest BCUT2D eigenvalue weighted by molar-refractivity contribution is -0.217. The zero-order chi connectivity index (χ0) is 35.0. The molecule has 2 aliphatic heterocycles. The van der Waals surface area contributed by atoms with E-state index in [1.165, 1.54) is 20.8 Å². The summed E-state index contributed by atoms with van der Waals surface area (Å²) in [4.78, 5) is 35.4. The number of ether oxygens (including phenoxy) is 4. The number of hydrogen-bond acceptors (Lipinski definition) is 15. The summed E-state index contributed by atoms with van der Waals surface area (Å²) in [5, 5.41) is 90.6. The molecule has 2 saturated heterocycles. The molecule has 47 heavy (non-hydrogen) atoms. The highest BCUT2D eigenvalue weighted by Gasteiger charge is 2.48. The fraction of sp³-hybridized carbons (Fsp3) is 0.897. The molecule has 0 bridgehead atoms. The molecule has 18 heteroatoms. The van der Waals surface area contributed by atoms with E-state index in [9.17, 15) is 55.2 Å². The van der Waals surface area contributed by atoms with Crippen LogP contribution in [0.15, 0.2) is 0 Å². The van der Waals surface area contributed by atoms with Gasteiger partial charge in [0, 0.05) is 39.2 Å². The highest BCUT2D eigenvalue weighted by Crippen LogP contribution is 2.32. The molecule has 11 N–H and O–H groups in total. The maximum atomic E-state index is 12.1. The van der Waals surface area contributed by atoms with Gasteiger partial charge in [0.15, 0.2) is 0 Å². The molecule has 272 valence electrons. The van der Waals surface area contributed by atoms with Crippen LogP contribution in [0.3, 0.4) is 0 Å². The van der Waals surface area contributed by atoms with Gasteiger partial charge >= 0.3 is 0 Å². The summed E-state index contributed by atoms with van der Waals surface area (Å²) < 4.78 is 23.3. The molecule has 2 heterocycles. The Morgan fingerprint density at radius 3 is 1.51 bits per heavy atom. The molecular weight excluding hydrogens is 630 g/mol. The first kappa shape index (κ1) is 39.4. The quantitative estimate of drug-likeness (QED) is 0.0814. The van der Waals surface area contributed by atoms with Gasteiger partial charge < -0.3 is 75.8 Å². The summed E-state index contributed by atoms with van der Waals surface area (Å²) in [6.07, 6.45) is -10.6. The molecule has 3 aliphatic rings. The van der Waals surface area contributed by atoms with E-state index in [0.717, 1.165) is 0 Å². The van der Waals surface area contributed by atoms with Gasteiger partial charge in [-0.15, -0.1) is 0 Å². The Hall–Kier alpha value is -2.07. The monoisotopic (exact) mass is 681 g/mol. The van der Waals surface area contributed by atoms with Crippen LogP contribution in [0, 0.1) is 17.8 Å². The van der Waals surface area contributed by atoms with E-state index in [1.807, 2.05) is 0 Å². The number of carbonyl (C=O) groups is 3. The molecule has 3 rings (SSSR count). The molecule has 1 saturated carbocycles. The minimum atomic E-state index is -1.47. The predicted octanol–water partition coefficient (Wildman–Crippen LogP) is -5.90. The van der Waals surface area contributed by atoms with Crippen LogP contribution < -0.4 is 16.0 Å². The van der Waals surface area contributed by atoms with E-state index >= 15 is 0 Å². The maximum absolute atomic E-state index is 12.1. The molecule has 18 nitrogen and oxygen atoms in total. The average molecular weight is 682 g/mol. The van der Waals surface area contributed by atoms with Gasteiger partial charge in [0.05, 0.1) is 82.2 Å². The largest absolute Gasteiger partial charge is 0.396 e. The topological polar surface area (TPSA) is 286 Å². The average Bonchev–Trinajstić information content (AvgIpc) is 3.01. The molecule has 9 unspecified atom stereocenters. The maximum Gasteiger partial charge on any atom is 0.217 e. The summed E-state index contributed by atoms with van der Waals surface area (Å²) in [7, 11) is 0. The van der Waals surface area contributed by atoms with E-state index in [0.29, 0.717) is 0 Å². The first-order valence-corrected chi connectivity index (χ1v) is 15.7. The number of hydrogen-bond donors (Lipinski definition) is 11. The van der Waals surface area contributed by atoms with Crippen molar-refractivity contribution in [2.45, 2.75) is 100 Å². The molecule has 15 atom stereocenters. The van der Waals surface area contributed by atoms with Crippen molar-refractivity contribution < 1.29 is 74.2 Å². The van der Waals surface area contributed by atoms with Gasteiger partial charge in [0.25, 0.3) is 0 Å². The predicted molar refractivity (Wildman–Crippen MR) is 158 cm³/mol. The van der Waals surface area contributed by atoms with Crippen molar-refractivity contribution in [3.8, 4) is 0 Å². The Morgan fingerprint density at radius 1 is 0.574 bits per heavy atom. The van der Waals surface area contributed by atoms with Crippen LogP contribution in [0.2, 0.25) is 0 Å². The summed E-state index contributed by atoms with van der Waals surface area (Å²) in [5.74, 6) is -3.56. The van der Waals surface area contributed by atoms with Gasteiger partial charge in [-0.25, -0.2) is 0 Å². The smallest absolute Gasteiger partial charge is 0.217 e. The van der Waals surface area contributed by atoms with Crippen LogP contribution in [-0.4, -0.2) is 178 Å². The number of nitrogens with one attached hydrogen (secondary N) is 3. The van der Waals surface area contributed by atoms with Gasteiger partial charge in [-0.05, 0) is 12.3 Å². The Kier molecular flexibility index (Phi) is 15.1. The Labute approximate surface area is 272 Å². The van der Waals surface area contributed by atoms with E-state index in [2.05, 4.69) is 16.0 Å². The third kappa shape index (κ3) is 9.99. The fourth-order valence-corrected chi connectivity index (χ4v) is 6.71. The Balaban J connectivity index is 1.66. The number of amides is 3. The molecule has 0 radical (unpaired) electrons. The molecule has 3 amide bonds. The lowest BCUT2D eigenvalue weighted by Crippen LogP contribution is -2.65. The molecule has 3 fully saturated rings. The second kappa shape index (κ2) is 18.1. The Morgan fingerprint density at radius 2 is 1.02 bits per heavy atom. The lowest BCUT2D eigenvalue weighted by atomic mass is 9.74. The van der Waals surface area contributed by atoms with Gasteiger partial charge in [-0.2, -0.15) is 0 Å². The highest BCUT2D eigenvalue weighted by atomic mass is 16.6. The highest BCUT2D eigenvalue weighted by molar-refractivity contribution is 5.74. The summed E-state index contributed by atoms with van der Waals surface area (Å²) in [6, 6.07) is -3.08. The van der Waals surface area contributed by atoms with Crippen molar-refractivity contribution in [1.82, 2.24) is 16.0 Å². The number of carbonyl (C=O) groups excluding carboxylic acids is 3. The second-order valence-electron chi connectivity index (χ2n) is 12.6. The normalized spacial score (nSPS) is 40.8. The minimum absolute atomic E-state index is 0.103. The van der Waals surface area contributed by atoms with Gasteiger partial charge in [0.1, 0.15) is 30.5 Å². The molecule has 0 aromatic rings. The first-order chi connectivity index (χ1) is 22.2. The van der Waals surface area contributed by atoms with Crippen molar-refractivity contribution in [3.05, 3.63) is 0 Å². The fourth-order valence-electron chi connectivity index (χ4n) is 6.71. The van der Waals surface area contributed by atoms with Crippen LogP contribution >= 0.6 is 0 Å². The van der Waals surface area contributed by atoms with Gasteiger partial charge in [0.2, 0.25) is 17.7 Å². The third-order valence-corrected chi connectivity index (χ3v) is 9.14. The number of rotatable bonds is 14. The molecule has 0 aromatic carbocycles. The minimum Gasteiger partial charge on any atom is -0.396 e. The van der Waals surface area contributed by atoms with Gasteiger partial charge in [-0.1, -0.05) is 0 Å². The first-order valence-electron chi connectivity index (χ1n) is 15.7. The summed E-state index contributed by atoms with van der Waals surface area (Å²) >= 11 is 0. The summed E-state index contributed by atoms with van der Waals surface area (Å²) in [5.41, 5.74) is 0. The van der Waals surface area contributed by atoms with Crippen molar-refractivity contribution in [2.75, 3.05) is 46.2 Å². The standard InChI is InChI=1S/C29H51N3O15/c1-12(36)30-23-18(39)4-15(5-33)16(26(23)40)8-44-10-21-24(31-13(2)37)27(41)17(19(6-34)46-21)9-45-11-22-25(32-14(3)38)29(43)28(42)20(7-35)47-22/h15-29,33-35,39-43H,4-11H2,1-3H3,(H,30,36)(H,31,37)(H,32,38)/t15?,16-,17-,18-,19?,20?,21+,22+,23?,24?,25?,26?,27?,28-,29?/m1/s1. The van der Waals surface area contributed by atoms with Crippen molar-refractivity contribution in [1.29, 1.82) is 0 Å². The van der Waals surface area contributed by atoms with Crippen molar-refractivity contribution >= 4 is 17.7 Å². The second-order valence-corrected chi connectivity index (χ2v) is 12.6.